The van der Waals surface area contributed by atoms with E-state index < -0.39 is 11.6 Å². The average Bonchev–Trinajstić information content (AvgIpc) is 2.35. The average molecular weight is 277 g/mol. The summed E-state index contributed by atoms with van der Waals surface area (Å²) in [5, 5.41) is 2.92. The van der Waals surface area contributed by atoms with Crippen molar-refractivity contribution < 1.29 is 8.78 Å². The topological polar surface area (TPSA) is 15.3 Å². The molecule has 1 aromatic rings. The van der Waals surface area contributed by atoms with E-state index in [0.717, 1.165) is 38.3 Å². The summed E-state index contributed by atoms with van der Waals surface area (Å²) < 4.78 is 26.6. The van der Waals surface area contributed by atoms with E-state index >= 15 is 0 Å². The van der Waals surface area contributed by atoms with Gasteiger partial charge in [-0.3, -0.25) is 0 Å². The molecule has 0 aromatic heterocycles. The Kier molecular flexibility index (Phi) is 6.54. The minimum absolute atomic E-state index is 0.181. The third-order valence-electron chi connectivity index (χ3n) is 2.90. The number of rotatable bonds is 7. The van der Waals surface area contributed by atoms with E-state index in [-0.39, 0.29) is 5.02 Å². The predicted molar refractivity (Wildman–Crippen MR) is 70.9 cm³/mol. The lowest BCUT2D eigenvalue weighted by molar-refractivity contribution is 0.302. The van der Waals surface area contributed by atoms with Gasteiger partial charge in [0.1, 0.15) is 11.6 Å². The zero-order valence-electron chi connectivity index (χ0n) is 10.8. The molecule has 0 bridgehead atoms. The molecule has 0 aliphatic rings. The fourth-order valence-electron chi connectivity index (χ4n) is 1.70. The van der Waals surface area contributed by atoms with Gasteiger partial charge in [-0.1, -0.05) is 25.4 Å². The zero-order valence-corrected chi connectivity index (χ0v) is 11.5. The van der Waals surface area contributed by atoms with Gasteiger partial charge in [0.15, 0.2) is 0 Å². The van der Waals surface area contributed by atoms with Gasteiger partial charge in [-0.2, -0.15) is 0 Å². The van der Waals surface area contributed by atoms with Gasteiger partial charge in [0, 0.05) is 25.2 Å². The highest BCUT2D eigenvalue weighted by Crippen LogP contribution is 2.19. The summed E-state index contributed by atoms with van der Waals surface area (Å²) in [6, 6.07) is 2.15. The maximum Gasteiger partial charge on any atom is 0.142 e. The van der Waals surface area contributed by atoms with E-state index in [1.54, 1.807) is 0 Å². The Labute approximate surface area is 112 Å². The van der Waals surface area contributed by atoms with E-state index in [0.29, 0.717) is 12.1 Å². The SMILES string of the molecule is CCN(CC)CCNCc1cc(F)c(Cl)cc1F. The van der Waals surface area contributed by atoms with Crippen LogP contribution in [0.3, 0.4) is 0 Å². The van der Waals surface area contributed by atoms with Crippen molar-refractivity contribution in [1.82, 2.24) is 10.2 Å². The van der Waals surface area contributed by atoms with Gasteiger partial charge in [-0.15, -0.1) is 0 Å². The lowest BCUT2D eigenvalue weighted by Gasteiger charge is -2.18. The molecule has 0 saturated heterocycles. The predicted octanol–water partition coefficient (Wildman–Crippen LogP) is 3.05. The molecule has 0 amide bonds. The van der Waals surface area contributed by atoms with Gasteiger partial charge >= 0.3 is 0 Å². The van der Waals surface area contributed by atoms with E-state index in [1.165, 1.54) is 0 Å². The van der Waals surface area contributed by atoms with Crippen LogP contribution in [0.15, 0.2) is 12.1 Å². The molecule has 2 nitrogen and oxygen atoms in total. The summed E-state index contributed by atoms with van der Waals surface area (Å²) in [5.41, 5.74) is 0.302. The van der Waals surface area contributed by atoms with Crippen LogP contribution in [0.5, 0.6) is 0 Å². The molecule has 1 rings (SSSR count). The Balaban J connectivity index is 2.42. The van der Waals surface area contributed by atoms with Crippen LogP contribution in [0.2, 0.25) is 5.02 Å². The molecule has 0 aliphatic heterocycles. The third kappa shape index (κ3) is 4.52. The smallest absolute Gasteiger partial charge is 0.142 e. The third-order valence-corrected chi connectivity index (χ3v) is 3.19. The van der Waals surface area contributed by atoms with Crippen LogP contribution in [0.25, 0.3) is 0 Å². The number of benzene rings is 1. The largest absolute Gasteiger partial charge is 0.311 e. The molecule has 0 fully saturated rings. The Bertz CT molecular complexity index is 381. The summed E-state index contributed by atoms with van der Waals surface area (Å²) in [6.07, 6.45) is 0. The minimum Gasteiger partial charge on any atom is -0.311 e. The van der Waals surface area contributed by atoms with Crippen molar-refractivity contribution in [2.75, 3.05) is 26.2 Å². The van der Waals surface area contributed by atoms with Gasteiger partial charge in [-0.05, 0) is 25.2 Å². The van der Waals surface area contributed by atoms with E-state index in [1.807, 2.05) is 0 Å². The first-order valence-corrected chi connectivity index (χ1v) is 6.52. The second-order valence-corrected chi connectivity index (χ2v) is 4.47. The number of nitrogens with one attached hydrogen (secondary N) is 1. The zero-order chi connectivity index (χ0) is 13.5. The maximum absolute atomic E-state index is 13.4. The van der Waals surface area contributed by atoms with Crippen LogP contribution < -0.4 is 5.32 Å². The summed E-state index contributed by atoms with van der Waals surface area (Å²) >= 11 is 5.48. The van der Waals surface area contributed by atoms with Gasteiger partial charge in [-0.25, -0.2) is 8.78 Å². The van der Waals surface area contributed by atoms with Crippen molar-refractivity contribution in [3.8, 4) is 0 Å². The maximum atomic E-state index is 13.4. The van der Waals surface area contributed by atoms with Gasteiger partial charge in [0.25, 0.3) is 0 Å². The quantitative estimate of drug-likeness (QED) is 0.608. The van der Waals surface area contributed by atoms with Crippen molar-refractivity contribution in [3.63, 3.8) is 0 Å². The minimum atomic E-state index is -0.585. The van der Waals surface area contributed by atoms with Crippen molar-refractivity contribution in [1.29, 1.82) is 0 Å². The highest BCUT2D eigenvalue weighted by molar-refractivity contribution is 6.30. The molecule has 5 heteroatoms. The monoisotopic (exact) mass is 276 g/mol. The van der Waals surface area contributed by atoms with Gasteiger partial charge in [0.2, 0.25) is 0 Å². The highest BCUT2D eigenvalue weighted by Gasteiger charge is 2.08. The number of likely N-dealkylation sites (N-methyl/N-ethyl adjacent to an activating group) is 1. The van der Waals surface area contributed by atoms with Crippen LogP contribution in [0.1, 0.15) is 19.4 Å². The van der Waals surface area contributed by atoms with Crippen molar-refractivity contribution in [2.24, 2.45) is 0 Å². The van der Waals surface area contributed by atoms with Crippen molar-refractivity contribution in [2.45, 2.75) is 20.4 Å². The Morgan fingerprint density at radius 1 is 1.17 bits per heavy atom. The molecule has 1 aromatic carbocycles. The van der Waals surface area contributed by atoms with Gasteiger partial charge in [0.05, 0.1) is 5.02 Å². The van der Waals surface area contributed by atoms with E-state index in [9.17, 15) is 8.78 Å². The first-order chi connectivity index (χ1) is 8.58. The number of halogens is 3. The normalized spacial score (nSPS) is 11.2. The summed E-state index contributed by atoms with van der Waals surface area (Å²) in [7, 11) is 0. The lowest BCUT2D eigenvalue weighted by atomic mass is 10.2. The number of hydrogen-bond acceptors (Lipinski definition) is 2. The molecule has 0 unspecified atom stereocenters. The standard InChI is InChI=1S/C13H19ClF2N2/c1-3-18(4-2)6-5-17-9-10-7-13(16)11(14)8-12(10)15/h7-8,17H,3-6,9H2,1-2H3. The summed E-state index contributed by atoms with van der Waals surface area (Å²) in [6.45, 7) is 8.11. The summed E-state index contributed by atoms with van der Waals surface area (Å²) in [4.78, 5) is 2.26. The molecule has 0 spiro atoms. The fraction of sp³-hybridized carbons (Fsp3) is 0.538. The molecule has 0 saturated carbocycles. The van der Waals surface area contributed by atoms with Crippen molar-refractivity contribution >= 4 is 11.6 Å². The molecule has 18 heavy (non-hydrogen) atoms. The molecule has 102 valence electrons. The van der Waals surface area contributed by atoms with Crippen LogP contribution in [-0.4, -0.2) is 31.1 Å². The molecule has 0 aliphatic carbocycles. The first kappa shape index (κ1) is 15.3. The van der Waals surface area contributed by atoms with Crippen LogP contribution in [0.4, 0.5) is 8.78 Å². The molecule has 0 radical (unpaired) electrons. The Morgan fingerprint density at radius 3 is 2.44 bits per heavy atom. The van der Waals surface area contributed by atoms with Crippen LogP contribution >= 0.6 is 11.6 Å². The van der Waals surface area contributed by atoms with Crippen LogP contribution in [0, 0.1) is 11.6 Å². The second-order valence-electron chi connectivity index (χ2n) is 4.06. The number of nitrogens with zero attached hydrogens (tertiary/aromatic N) is 1. The fourth-order valence-corrected chi connectivity index (χ4v) is 1.85. The molecule has 0 atom stereocenters. The highest BCUT2D eigenvalue weighted by atomic mass is 35.5. The van der Waals surface area contributed by atoms with Crippen molar-refractivity contribution in [3.05, 3.63) is 34.4 Å². The first-order valence-electron chi connectivity index (χ1n) is 6.15. The van der Waals surface area contributed by atoms with E-state index in [2.05, 4.69) is 24.1 Å². The molecule has 1 N–H and O–H groups in total. The van der Waals surface area contributed by atoms with Gasteiger partial charge < -0.3 is 10.2 Å². The molecular weight excluding hydrogens is 258 g/mol. The van der Waals surface area contributed by atoms with Crippen LogP contribution in [-0.2, 0) is 6.54 Å². The summed E-state index contributed by atoms with van der Waals surface area (Å²) in [5.74, 6) is -1.06. The Hall–Kier alpha value is -0.710. The Morgan fingerprint density at radius 2 is 1.83 bits per heavy atom. The number of hydrogen-bond donors (Lipinski definition) is 1. The molecular formula is C13H19ClF2N2. The lowest BCUT2D eigenvalue weighted by Crippen LogP contribution is -2.31. The van der Waals surface area contributed by atoms with E-state index in [4.69, 9.17) is 11.6 Å². The second kappa shape index (κ2) is 7.67. The molecule has 0 heterocycles.